The molecule has 0 aliphatic carbocycles. The molecule has 0 unspecified atom stereocenters. The van der Waals surface area contributed by atoms with Crippen LogP contribution in [0.4, 0.5) is 0 Å². The second-order valence-electron chi connectivity index (χ2n) is 1.73. The summed E-state index contributed by atoms with van der Waals surface area (Å²) in [5, 5.41) is 3.04. The maximum Gasteiger partial charge on any atom is 0.0946 e. The highest BCUT2D eigenvalue weighted by molar-refractivity contribution is 4.41. The molecule has 0 amide bonds. The van der Waals surface area contributed by atoms with Gasteiger partial charge in [-0.3, -0.25) is 0 Å². The van der Waals surface area contributed by atoms with Crippen molar-refractivity contribution in [2.75, 3.05) is 40.5 Å². The Bertz CT molecular complexity index is 63.6. The Labute approximate surface area is 66.4 Å². The molecule has 0 rings (SSSR count). The van der Waals surface area contributed by atoms with Crippen molar-refractivity contribution in [3.63, 3.8) is 0 Å². The molecule has 0 saturated carbocycles. The molecule has 68 valence electrons. The van der Waals surface area contributed by atoms with Gasteiger partial charge in [0.15, 0.2) is 0 Å². The third kappa shape index (κ3) is 9.80. The molecule has 0 bridgehead atoms. The van der Waals surface area contributed by atoms with Crippen LogP contribution in [-0.4, -0.2) is 40.5 Å². The first-order valence-electron chi connectivity index (χ1n) is 3.43. The van der Waals surface area contributed by atoms with Gasteiger partial charge >= 0.3 is 0 Å². The van der Waals surface area contributed by atoms with Gasteiger partial charge in [-0.05, 0) is 0 Å². The second kappa shape index (κ2) is 9.80. The van der Waals surface area contributed by atoms with E-state index in [0.717, 1.165) is 13.1 Å². The van der Waals surface area contributed by atoms with E-state index in [4.69, 9.17) is 0 Å². The molecular weight excluding hydrogens is 150 g/mol. The standard InChI is InChI=1S/C6H15NO4/c1-8-10-5-3-7-4-6-11-9-2/h7H,3-6H2,1-2H3. The van der Waals surface area contributed by atoms with Crippen molar-refractivity contribution in [2.45, 2.75) is 0 Å². The van der Waals surface area contributed by atoms with E-state index in [1.54, 1.807) is 0 Å². The second-order valence-corrected chi connectivity index (χ2v) is 1.73. The highest BCUT2D eigenvalue weighted by atomic mass is 17.2. The minimum Gasteiger partial charge on any atom is -0.312 e. The highest BCUT2D eigenvalue weighted by Crippen LogP contribution is 1.72. The van der Waals surface area contributed by atoms with E-state index < -0.39 is 0 Å². The predicted molar refractivity (Wildman–Crippen MR) is 38.8 cm³/mol. The predicted octanol–water partition coefficient (Wildman–Crippen LogP) is -0.268. The Morgan fingerprint density at radius 2 is 1.36 bits per heavy atom. The Kier molecular flexibility index (Phi) is 9.62. The third-order valence-electron chi connectivity index (χ3n) is 0.960. The maximum absolute atomic E-state index is 4.61. The first-order valence-corrected chi connectivity index (χ1v) is 3.43. The Balaban J connectivity index is 2.69. The van der Waals surface area contributed by atoms with Gasteiger partial charge in [0.1, 0.15) is 0 Å². The fourth-order valence-corrected chi connectivity index (χ4v) is 0.519. The molecule has 0 aromatic heterocycles. The topological polar surface area (TPSA) is 49.0 Å². The molecule has 0 atom stereocenters. The summed E-state index contributed by atoms with van der Waals surface area (Å²) in [4.78, 5) is 18.0. The molecule has 0 radical (unpaired) electrons. The van der Waals surface area contributed by atoms with Gasteiger partial charge in [0.25, 0.3) is 0 Å². The van der Waals surface area contributed by atoms with Crippen LogP contribution >= 0.6 is 0 Å². The molecule has 0 fully saturated rings. The molecule has 0 aliphatic heterocycles. The van der Waals surface area contributed by atoms with Gasteiger partial charge in [-0.2, -0.15) is 0 Å². The fourth-order valence-electron chi connectivity index (χ4n) is 0.519. The lowest BCUT2D eigenvalue weighted by atomic mass is 10.6. The number of hydrogen-bond acceptors (Lipinski definition) is 5. The highest BCUT2D eigenvalue weighted by Gasteiger charge is 1.87. The van der Waals surface area contributed by atoms with E-state index in [0.29, 0.717) is 13.2 Å². The lowest BCUT2D eigenvalue weighted by Gasteiger charge is -2.02. The van der Waals surface area contributed by atoms with Gasteiger partial charge in [0.05, 0.1) is 27.4 Å². The van der Waals surface area contributed by atoms with E-state index >= 15 is 0 Å². The van der Waals surface area contributed by atoms with Crippen LogP contribution in [-0.2, 0) is 19.6 Å². The Morgan fingerprint density at radius 3 is 1.73 bits per heavy atom. The summed E-state index contributed by atoms with van der Waals surface area (Å²) < 4.78 is 0. The normalized spacial score (nSPS) is 10.4. The molecule has 0 aromatic carbocycles. The molecule has 5 nitrogen and oxygen atoms in total. The van der Waals surface area contributed by atoms with Crippen LogP contribution < -0.4 is 5.32 Å². The van der Waals surface area contributed by atoms with E-state index in [1.165, 1.54) is 14.2 Å². The van der Waals surface area contributed by atoms with Gasteiger partial charge in [0.2, 0.25) is 0 Å². The SMILES string of the molecule is COOCCNCCOOC. The zero-order valence-corrected chi connectivity index (χ0v) is 6.96. The molecule has 11 heavy (non-hydrogen) atoms. The smallest absolute Gasteiger partial charge is 0.0946 e. The van der Waals surface area contributed by atoms with Crippen LogP contribution in [0.15, 0.2) is 0 Å². The minimum atomic E-state index is 0.531. The number of nitrogens with one attached hydrogen (secondary N) is 1. The molecular formula is C6H15NO4. The Hall–Kier alpha value is -0.200. The lowest BCUT2D eigenvalue weighted by molar-refractivity contribution is -0.274. The zero-order valence-electron chi connectivity index (χ0n) is 6.96. The van der Waals surface area contributed by atoms with Crippen LogP contribution in [0.1, 0.15) is 0 Å². The Morgan fingerprint density at radius 1 is 0.909 bits per heavy atom. The largest absolute Gasteiger partial charge is 0.312 e. The van der Waals surface area contributed by atoms with Crippen molar-refractivity contribution in [1.82, 2.24) is 5.32 Å². The van der Waals surface area contributed by atoms with Crippen molar-refractivity contribution in [1.29, 1.82) is 0 Å². The van der Waals surface area contributed by atoms with Gasteiger partial charge in [-0.15, -0.1) is 0 Å². The summed E-state index contributed by atoms with van der Waals surface area (Å²) in [5.41, 5.74) is 0. The average Bonchev–Trinajstić information content (AvgIpc) is 2.03. The third-order valence-corrected chi connectivity index (χ3v) is 0.960. The fraction of sp³-hybridized carbons (Fsp3) is 1.00. The van der Waals surface area contributed by atoms with Crippen molar-refractivity contribution in [2.24, 2.45) is 0 Å². The summed E-state index contributed by atoms with van der Waals surface area (Å²) >= 11 is 0. The summed E-state index contributed by atoms with van der Waals surface area (Å²) in [5.74, 6) is 0. The first-order chi connectivity index (χ1) is 5.41. The molecule has 1 N–H and O–H groups in total. The summed E-state index contributed by atoms with van der Waals surface area (Å²) in [7, 11) is 2.96. The molecule has 0 heterocycles. The van der Waals surface area contributed by atoms with Crippen LogP contribution in [0.25, 0.3) is 0 Å². The van der Waals surface area contributed by atoms with Crippen molar-refractivity contribution in [3.05, 3.63) is 0 Å². The summed E-state index contributed by atoms with van der Waals surface area (Å²) in [6.07, 6.45) is 0. The molecule has 5 heteroatoms. The first kappa shape index (κ1) is 10.8. The average molecular weight is 165 g/mol. The van der Waals surface area contributed by atoms with Crippen LogP contribution in [0.5, 0.6) is 0 Å². The van der Waals surface area contributed by atoms with Gasteiger partial charge in [-0.1, -0.05) is 0 Å². The van der Waals surface area contributed by atoms with E-state index in [9.17, 15) is 0 Å². The van der Waals surface area contributed by atoms with E-state index in [1.807, 2.05) is 0 Å². The van der Waals surface area contributed by atoms with Crippen LogP contribution in [0.3, 0.4) is 0 Å². The van der Waals surface area contributed by atoms with Crippen molar-refractivity contribution in [3.8, 4) is 0 Å². The van der Waals surface area contributed by atoms with E-state index in [-0.39, 0.29) is 0 Å². The van der Waals surface area contributed by atoms with Gasteiger partial charge in [-0.25, -0.2) is 19.6 Å². The summed E-state index contributed by atoms with van der Waals surface area (Å²) in [6.45, 7) is 2.54. The van der Waals surface area contributed by atoms with Gasteiger partial charge < -0.3 is 5.32 Å². The molecule has 0 spiro atoms. The zero-order chi connectivity index (χ0) is 8.36. The molecule has 0 aromatic rings. The van der Waals surface area contributed by atoms with Crippen LogP contribution in [0.2, 0.25) is 0 Å². The van der Waals surface area contributed by atoms with Crippen molar-refractivity contribution < 1.29 is 19.6 Å². The monoisotopic (exact) mass is 165 g/mol. The van der Waals surface area contributed by atoms with E-state index in [2.05, 4.69) is 24.9 Å². The quantitative estimate of drug-likeness (QED) is 0.305. The molecule has 0 aliphatic rings. The number of rotatable bonds is 8. The summed E-state index contributed by atoms with van der Waals surface area (Å²) in [6, 6.07) is 0. The van der Waals surface area contributed by atoms with Crippen LogP contribution in [0, 0.1) is 0 Å². The minimum absolute atomic E-state index is 0.531. The number of hydrogen-bond donors (Lipinski definition) is 1. The maximum atomic E-state index is 4.61. The molecule has 0 saturated heterocycles. The lowest BCUT2D eigenvalue weighted by Crippen LogP contribution is -2.23. The van der Waals surface area contributed by atoms with Gasteiger partial charge in [0, 0.05) is 13.1 Å². The van der Waals surface area contributed by atoms with Crippen molar-refractivity contribution >= 4 is 0 Å².